The van der Waals surface area contributed by atoms with Gasteiger partial charge >= 0.3 is 5.97 Å². The number of amides is 2. The van der Waals surface area contributed by atoms with E-state index in [1.807, 2.05) is 38.1 Å². The predicted molar refractivity (Wildman–Crippen MR) is 101 cm³/mol. The lowest BCUT2D eigenvalue weighted by atomic mass is 10.1. The maximum Gasteiger partial charge on any atom is 0.341 e. The lowest BCUT2D eigenvalue weighted by Crippen LogP contribution is -2.28. The van der Waals surface area contributed by atoms with Crippen molar-refractivity contribution in [3.8, 4) is 0 Å². The molecule has 0 aliphatic rings. The Balaban J connectivity index is 1.92. The third kappa shape index (κ3) is 5.16. The minimum absolute atomic E-state index is 0.267. The van der Waals surface area contributed by atoms with Crippen molar-refractivity contribution in [2.75, 3.05) is 11.9 Å². The number of hydrogen-bond acceptors (Lipinski definition) is 5. The van der Waals surface area contributed by atoms with Crippen LogP contribution in [-0.2, 0) is 20.9 Å². The lowest BCUT2D eigenvalue weighted by Gasteiger charge is -2.08. The number of carbonyl (C=O) groups is 3. The summed E-state index contributed by atoms with van der Waals surface area (Å²) in [5.74, 6) is -1.28. The zero-order valence-corrected chi connectivity index (χ0v) is 16.1. The number of thiophene rings is 1. The molecule has 2 amide bonds. The fourth-order valence-electron chi connectivity index (χ4n) is 2.28. The minimum Gasteiger partial charge on any atom is -0.452 e. The first-order valence-electron chi connectivity index (χ1n) is 8.15. The molecule has 1 heterocycles. The van der Waals surface area contributed by atoms with Gasteiger partial charge < -0.3 is 15.4 Å². The molecule has 0 aliphatic heterocycles. The highest BCUT2D eigenvalue weighted by Gasteiger charge is 2.22. The first kappa shape index (κ1) is 19.7. The van der Waals surface area contributed by atoms with Crippen molar-refractivity contribution < 1.29 is 19.1 Å². The van der Waals surface area contributed by atoms with Crippen LogP contribution in [-0.4, -0.2) is 24.4 Å². The number of benzene rings is 1. The first-order chi connectivity index (χ1) is 12.3. The summed E-state index contributed by atoms with van der Waals surface area (Å²) < 4.78 is 5.12. The molecular formula is C19H22N2O4S. The van der Waals surface area contributed by atoms with E-state index in [-0.39, 0.29) is 18.4 Å². The fraction of sp³-hybridized carbons (Fsp3) is 0.316. The van der Waals surface area contributed by atoms with Gasteiger partial charge in [-0.3, -0.25) is 9.59 Å². The van der Waals surface area contributed by atoms with Crippen LogP contribution >= 0.6 is 11.3 Å². The first-order valence-corrected chi connectivity index (χ1v) is 8.96. The van der Waals surface area contributed by atoms with Crippen molar-refractivity contribution in [1.82, 2.24) is 5.32 Å². The van der Waals surface area contributed by atoms with Crippen molar-refractivity contribution in [1.29, 1.82) is 0 Å². The molecule has 0 saturated carbocycles. The summed E-state index contributed by atoms with van der Waals surface area (Å²) in [6.45, 7) is 6.99. The number of anilines is 1. The smallest absolute Gasteiger partial charge is 0.341 e. The number of aryl methyl sites for hydroxylation is 2. The van der Waals surface area contributed by atoms with Crippen molar-refractivity contribution in [2.24, 2.45) is 0 Å². The summed E-state index contributed by atoms with van der Waals surface area (Å²) in [5, 5.41) is 5.78. The van der Waals surface area contributed by atoms with E-state index < -0.39 is 5.97 Å². The molecule has 0 aliphatic carbocycles. The molecule has 2 rings (SSSR count). The maximum atomic E-state index is 12.4. The van der Waals surface area contributed by atoms with Gasteiger partial charge in [-0.25, -0.2) is 4.79 Å². The van der Waals surface area contributed by atoms with E-state index in [0.29, 0.717) is 17.1 Å². The Morgan fingerprint density at radius 1 is 1.08 bits per heavy atom. The Morgan fingerprint density at radius 2 is 1.73 bits per heavy atom. The average molecular weight is 374 g/mol. The van der Waals surface area contributed by atoms with E-state index >= 15 is 0 Å². The van der Waals surface area contributed by atoms with Crippen LogP contribution in [0.25, 0.3) is 0 Å². The van der Waals surface area contributed by atoms with Gasteiger partial charge in [0.2, 0.25) is 5.91 Å². The SMILES string of the molecule is CC(=O)Nc1sc(C)c(C)c1C(=O)OCC(=O)NCc1ccc(C)cc1. The van der Waals surface area contributed by atoms with Gasteiger partial charge in [0.1, 0.15) is 5.00 Å². The minimum atomic E-state index is -0.624. The molecular weight excluding hydrogens is 352 g/mol. The van der Waals surface area contributed by atoms with Gasteiger partial charge in [0.15, 0.2) is 6.61 Å². The third-order valence-corrected chi connectivity index (χ3v) is 4.95. The van der Waals surface area contributed by atoms with Crippen molar-refractivity contribution in [3.63, 3.8) is 0 Å². The molecule has 138 valence electrons. The van der Waals surface area contributed by atoms with Crippen molar-refractivity contribution in [3.05, 3.63) is 51.4 Å². The van der Waals surface area contributed by atoms with E-state index in [9.17, 15) is 14.4 Å². The van der Waals surface area contributed by atoms with E-state index in [0.717, 1.165) is 21.6 Å². The summed E-state index contributed by atoms with van der Waals surface area (Å²) in [7, 11) is 0. The third-order valence-electron chi connectivity index (χ3n) is 3.82. The number of esters is 1. The molecule has 7 heteroatoms. The van der Waals surface area contributed by atoms with Crippen LogP contribution in [0.1, 0.15) is 38.8 Å². The average Bonchev–Trinajstić information content (AvgIpc) is 2.85. The van der Waals surface area contributed by atoms with E-state index in [4.69, 9.17) is 4.74 Å². The summed E-state index contributed by atoms with van der Waals surface area (Å²) in [4.78, 5) is 36.5. The molecule has 0 spiro atoms. The molecule has 0 saturated heterocycles. The number of carbonyl (C=O) groups excluding carboxylic acids is 3. The monoisotopic (exact) mass is 374 g/mol. The highest BCUT2D eigenvalue weighted by molar-refractivity contribution is 7.16. The molecule has 0 radical (unpaired) electrons. The summed E-state index contributed by atoms with van der Waals surface area (Å²) >= 11 is 1.31. The zero-order chi connectivity index (χ0) is 19.3. The Labute approximate surface area is 156 Å². The predicted octanol–water partition coefficient (Wildman–Crippen LogP) is 3.10. The number of hydrogen-bond donors (Lipinski definition) is 2. The normalized spacial score (nSPS) is 10.3. The summed E-state index contributed by atoms with van der Waals surface area (Å²) in [6, 6.07) is 7.79. The highest BCUT2D eigenvalue weighted by atomic mass is 32.1. The van der Waals surface area contributed by atoms with Gasteiger partial charge in [0, 0.05) is 18.3 Å². The molecule has 6 nitrogen and oxygen atoms in total. The Kier molecular flexibility index (Phi) is 6.52. The number of nitrogens with one attached hydrogen (secondary N) is 2. The van der Waals surface area contributed by atoms with Crippen LogP contribution in [0.15, 0.2) is 24.3 Å². The van der Waals surface area contributed by atoms with E-state index in [2.05, 4.69) is 10.6 Å². The topological polar surface area (TPSA) is 84.5 Å². The van der Waals surface area contributed by atoms with Crippen LogP contribution in [0.4, 0.5) is 5.00 Å². The second-order valence-electron chi connectivity index (χ2n) is 6.01. The van der Waals surface area contributed by atoms with E-state index in [1.54, 1.807) is 6.92 Å². The molecule has 0 bridgehead atoms. The highest BCUT2D eigenvalue weighted by Crippen LogP contribution is 2.32. The number of rotatable bonds is 6. The molecule has 26 heavy (non-hydrogen) atoms. The van der Waals surface area contributed by atoms with Gasteiger partial charge in [-0.15, -0.1) is 11.3 Å². The molecule has 2 aromatic rings. The van der Waals surface area contributed by atoms with E-state index in [1.165, 1.54) is 18.3 Å². The molecule has 1 aromatic carbocycles. The second kappa shape index (κ2) is 8.62. The summed E-state index contributed by atoms with van der Waals surface area (Å²) in [5.41, 5.74) is 3.15. The van der Waals surface area contributed by atoms with Crippen molar-refractivity contribution >= 4 is 34.1 Å². The number of ether oxygens (including phenoxy) is 1. The Bertz CT molecular complexity index is 825. The standard InChI is InChI=1S/C19H22N2O4S/c1-11-5-7-15(8-6-11)9-20-16(23)10-25-19(24)17-12(2)13(3)26-18(17)21-14(4)22/h5-8H,9-10H2,1-4H3,(H,20,23)(H,21,22). The molecule has 0 fully saturated rings. The van der Waals surface area contributed by atoms with Crippen LogP contribution in [0.2, 0.25) is 0 Å². The van der Waals surface area contributed by atoms with Gasteiger partial charge in [0.25, 0.3) is 5.91 Å². The van der Waals surface area contributed by atoms with Crippen LogP contribution < -0.4 is 10.6 Å². The largest absolute Gasteiger partial charge is 0.452 e. The Morgan fingerprint density at radius 3 is 2.35 bits per heavy atom. The van der Waals surface area contributed by atoms with Crippen molar-refractivity contribution in [2.45, 2.75) is 34.2 Å². The second-order valence-corrected chi connectivity index (χ2v) is 7.23. The molecule has 1 aromatic heterocycles. The van der Waals surface area contributed by atoms with Gasteiger partial charge in [0.05, 0.1) is 5.56 Å². The van der Waals surface area contributed by atoms with Gasteiger partial charge in [-0.2, -0.15) is 0 Å². The Hall–Kier alpha value is -2.67. The van der Waals surface area contributed by atoms with Crippen LogP contribution in [0.5, 0.6) is 0 Å². The van der Waals surface area contributed by atoms with Crippen LogP contribution in [0.3, 0.4) is 0 Å². The van der Waals surface area contributed by atoms with Gasteiger partial charge in [-0.1, -0.05) is 29.8 Å². The molecule has 0 atom stereocenters. The fourth-order valence-corrected chi connectivity index (χ4v) is 3.38. The molecule has 2 N–H and O–H groups in total. The van der Waals surface area contributed by atoms with Gasteiger partial charge in [-0.05, 0) is 31.9 Å². The maximum absolute atomic E-state index is 12.4. The summed E-state index contributed by atoms with van der Waals surface area (Å²) in [6.07, 6.45) is 0. The van der Waals surface area contributed by atoms with Crippen LogP contribution in [0, 0.1) is 20.8 Å². The molecule has 0 unspecified atom stereocenters. The lowest BCUT2D eigenvalue weighted by molar-refractivity contribution is -0.124. The quantitative estimate of drug-likeness (QED) is 0.761. The zero-order valence-electron chi connectivity index (χ0n) is 15.3.